The van der Waals surface area contributed by atoms with E-state index in [1.807, 2.05) is 0 Å². The van der Waals surface area contributed by atoms with E-state index in [1.165, 1.54) is 29.9 Å². The highest BCUT2D eigenvalue weighted by atomic mass is 16.5. The van der Waals surface area contributed by atoms with Crippen LogP contribution in [0, 0.1) is 0 Å². The van der Waals surface area contributed by atoms with E-state index in [9.17, 15) is 4.79 Å². The Morgan fingerprint density at radius 1 is 1.12 bits per heavy atom. The monoisotopic (exact) mass is 344 g/mol. The summed E-state index contributed by atoms with van der Waals surface area (Å²) >= 11 is 0. The predicted molar refractivity (Wildman–Crippen MR) is 106 cm³/mol. The van der Waals surface area contributed by atoms with E-state index in [0.29, 0.717) is 12.6 Å². The number of likely N-dealkylation sites (N-methyl/N-ethyl adjacent to an activating group) is 1. The SMILES string of the molecule is CCC.CCN(CCNC(=O)OC)[C@@H](C)c1ccc2ccccc2c1. The number of hydrogen-bond donors (Lipinski definition) is 1. The van der Waals surface area contributed by atoms with Crippen LogP contribution < -0.4 is 5.32 Å². The Bertz CT molecular complexity index is 643. The minimum atomic E-state index is -0.380. The molecule has 138 valence electrons. The quantitative estimate of drug-likeness (QED) is 0.802. The van der Waals surface area contributed by atoms with Crippen LogP contribution in [0.3, 0.4) is 0 Å². The van der Waals surface area contributed by atoms with Gasteiger partial charge in [-0.2, -0.15) is 0 Å². The molecule has 2 aromatic carbocycles. The van der Waals surface area contributed by atoms with Crippen molar-refractivity contribution >= 4 is 16.9 Å². The highest BCUT2D eigenvalue weighted by Crippen LogP contribution is 2.24. The second kappa shape index (κ2) is 11.5. The van der Waals surface area contributed by atoms with Gasteiger partial charge in [0.05, 0.1) is 7.11 Å². The van der Waals surface area contributed by atoms with Gasteiger partial charge in [-0.25, -0.2) is 4.79 Å². The zero-order valence-corrected chi connectivity index (χ0v) is 16.2. The summed E-state index contributed by atoms with van der Waals surface area (Å²) in [5.74, 6) is 0. The number of nitrogens with zero attached hydrogens (tertiary/aromatic N) is 1. The molecule has 0 unspecified atom stereocenters. The Hall–Kier alpha value is -2.07. The number of fused-ring (bicyclic) bond motifs is 1. The number of carbonyl (C=O) groups excluding carboxylic acids is 1. The zero-order chi connectivity index (χ0) is 18.7. The zero-order valence-electron chi connectivity index (χ0n) is 16.2. The molecule has 25 heavy (non-hydrogen) atoms. The van der Waals surface area contributed by atoms with Crippen LogP contribution in [0.15, 0.2) is 42.5 Å². The molecule has 0 radical (unpaired) electrons. The molecule has 0 saturated carbocycles. The molecule has 4 nitrogen and oxygen atoms in total. The lowest BCUT2D eigenvalue weighted by Crippen LogP contribution is -2.36. The van der Waals surface area contributed by atoms with Gasteiger partial charge in [0.1, 0.15) is 0 Å². The Morgan fingerprint density at radius 2 is 1.76 bits per heavy atom. The number of nitrogens with one attached hydrogen (secondary N) is 1. The van der Waals surface area contributed by atoms with Crippen molar-refractivity contribution in [3.63, 3.8) is 0 Å². The smallest absolute Gasteiger partial charge is 0.406 e. The second-order valence-corrected chi connectivity index (χ2v) is 6.04. The molecule has 0 fully saturated rings. The lowest BCUT2D eigenvalue weighted by molar-refractivity contribution is 0.165. The number of benzene rings is 2. The Morgan fingerprint density at radius 3 is 2.36 bits per heavy atom. The molecule has 0 saturated heterocycles. The van der Waals surface area contributed by atoms with Crippen LogP contribution in [-0.2, 0) is 4.74 Å². The summed E-state index contributed by atoms with van der Waals surface area (Å²) in [5, 5.41) is 5.25. The number of hydrogen-bond acceptors (Lipinski definition) is 3. The van der Waals surface area contributed by atoms with Crippen molar-refractivity contribution in [1.29, 1.82) is 0 Å². The standard InChI is InChI=1S/C18H24N2O2.C3H8/c1-4-20(12-11-19-18(21)22-3)14(2)16-10-9-15-7-5-6-8-17(15)13-16;1-3-2/h5-10,13-14H,4,11-12H2,1-3H3,(H,19,21);3H2,1-2H3/t14-;/m0./s1. The van der Waals surface area contributed by atoms with Gasteiger partial charge in [0, 0.05) is 19.1 Å². The maximum absolute atomic E-state index is 11.1. The van der Waals surface area contributed by atoms with Crippen molar-refractivity contribution in [2.45, 2.75) is 40.2 Å². The average Bonchev–Trinajstić information content (AvgIpc) is 2.64. The molecule has 4 heteroatoms. The molecule has 1 amide bonds. The Labute approximate surface area is 152 Å². The maximum Gasteiger partial charge on any atom is 0.406 e. The Balaban J connectivity index is 0.000000970. The lowest BCUT2D eigenvalue weighted by atomic mass is 10.0. The van der Waals surface area contributed by atoms with Crippen molar-refractivity contribution < 1.29 is 9.53 Å². The number of rotatable bonds is 6. The molecule has 2 rings (SSSR count). The van der Waals surface area contributed by atoms with Crippen LogP contribution in [0.1, 0.15) is 45.7 Å². The van der Waals surface area contributed by atoms with Gasteiger partial charge >= 0.3 is 6.09 Å². The summed E-state index contributed by atoms with van der Waals surface area (Å²) in [6, 6.07) is 15.3. The Kier molecular flexibility index (Phi) is 9.63. The lowest BCUT2D eigenvalue weighted by Gasteiger charge is -2.28. The van der Waals surface area contributed by atoms with Crippen LogP contribution in [0.5, 0.6) is 0 Å². The van der Waals surface area contributed by atoms with Gasteiger partial charge in [0.2, 0.25) is 0 Å². The fraction of sp³-hybridized carbons (Fsp3) is 0.476. The van der Waals surface area contributed by atoms with Gasteiger partial charge in [0.25, 0.3) is 0 Å². The van der Waals surface area contributed by atoms with E-state index in [-0.39, 0.29) is 6.09 Å². The molecular weight excluding hydrogens is 312 g/mol. The highest BCUT2D eigenvalue weighted by molar-refractivity contribution is 5.83. The molecule has 0 spiro atoms. The molecule has 0 aliphatic heterocycles. The van der Waals surface area contributed by atoms with Crippen molar-refractivity contribution in [1.82, 2.24) is 10.2 Å². The van der Waals surface area contributed by atoms with Crippen LogP contribution >= 0.6 is 0 Å². The van der Waals surface area contributed by atoms with Gasteiger partial charge in [-0.3, -0.25) is 4.90 Å². The van der Waals surface area contributed by atoms with Gasteiger partial charge in [-0.1, -0.05) is 63.6 Å². The van der Waals surface area contributed by atoms with E-state index >= 15 is 0 Å². The minimum absolute atomic E-state index is 0.300. The number of alkyl carbamates (subject to hydrolysis) is 1. The molecule has 0 bridgehead atoms. The third-order valence-corrected chi connectivity index (χ3v) is 4.06. The van der Waals surface area contributed by atoms with E-state index in [4.69, 9.17) is 0 Å². The fourth-order valence-electron chi connectivity index (χ4n) is 2.68. The van der Waals surface area contributed by atoms with Crippen LogP contribution in [0.25, 0.3) is 10.8 Å². The van der Waals surface area contributed by atoms with Crippen molar-refractivity contribution in [3.05, 3.63) is 48.0 Å². The number of ether oxygens (including phenoxy) is 1. The molecule has 0 aromatic heterocycles. The van der Waals surface area contributed by atoms with Gasteiger partial charge in [-0.15, -0.1) is 0 Å². The summed E-state index contributed by atoms with van der Waals surface area (Å²) in [4.78, 5) is 13.4. The first kappa shape index (κ1) is 21.0. The molecule has 1 N–H and O–H groups in total. The van der Waals surface area contributed by atoms with Gasteiger partial charge in [0.15, 0.2) is 0 Å². The van der Waals surface area contributed by atoms with E-state index in [2.05, 4.69) is 85.1 Å². The summed E-state index contributed by atoms with van der Waals surface area (Å²) in [6.45, 7) is 10.9. The predicted octanol–water partition coefficient (Wildman–Crippen LogP) is 5.00. The molecule has 0 heterocycles. The summed E-state index contributed by atoms with van der Waals surface area (Å²) in [7, 11) is 1.38. The molecule has 2 aromatic rings. The average molecular weight is 344 g/mol. The topological polar surface area (TPSA) is 41.6 Å². The highest BCUT2D eigenvalue weighted by Gasteiger charge is 2.14. The summed E-state index contributed by atoms with van der Waals surface area (Å²) in [5.41, 5.74) is 1.29. The van der Waals surface area contributed by atoms with Crippen molar-refractivity contribution in [3.8, 4) is 0 Å². The van der Waals surface area contributed by atoms with Crippen molar-refractivity contribution in [2.24, 2.45) is 0 Å². The first-order valence-corrected chi connectivity index (χ1v) is 9.11. The number of carbonyl (C=O) groups is 1. The number of amides is 1. The van der Waals surface area contributed by atoms with E-state index in [1.54, 1.807) is 0 Å². The minimum Gasteiger partial charge on any atom is -0.453 e. The van der Waals surface area contributed by atoms with E-state index in [0.717, 1.165) is 13.1 Å². The van der Waals surface area contributed by atoms with E-state index < -0.39 is 0 Å². The number of methoxy groups -OCH3 is 1. The maximum atomic E-state index is 11.1. The summed E-state index contributed by atoms with van der Waals surface area (Å²) < 4.78 is 4.59. The molecule has 1 atom stereocenters. The molecular formula is C21H32N2O2. The van der Waals surface area contributed by atoms with Crippen LogP contribution in [0.4, 0.5) is 4.79 Å². The first-order valence-electron chi connectivity index (χ1n) is 9.11. The largest absolute Gasteiger partial charge is 0.453 e. The third-order valence-electron chi connectivity index (χ3n) is 4.06. The fourth-order valence-corrected chi connectivity index (χ4v) is 2.68. The molecule has 0 aliphatic rings. The normalized spacial score (nSPS) is 11.6. The van der Waals surface area contributed by atoms with Crippen molar-refractivity contribution in [2.75, 3.05) is 26.7 Å². The second-order valence-electron chi connectivity index (χ2n) is 6.04. The summed E-state index contributed by atoms with van der Waals surface area (Å²) in [6.07, 6.45) is 0.870. The van der Waals surface area contributed by atoms with Crippen LogP contribution in [0.2, 0.25) is 0 Å². The third kappa shape index (κ3) is 6.75. The van der Waals surface area contributed by atoms with Crippen LogP contribution in [-0.4, -0.2) is 37.7 Å². The van der Waals surface area contributed by atoms with Gasteiger partial charge < -0.3 is 10.1 Å². The van der Waals surface area contributed by atoms with Gasteiger partial charge in [-0.05, 0) is 35.9 Å². The first-order chi connectivity index (χ1) is 12.1. The molecule has 0 aliphatic carbocycles.